The second-order valence-electron chi connectivity index (χ2n) is 5.92. The summed E-state index contributed by atoms with van der Waals surface area (Å²) in [7, 11) is 0. The van der Waals surface area contributed by atoms with E-state index in [9.17, 15) is 14.7 Å². The van der Waals surface area contributed by atoms with E-state index in [0.717, 1.165) is 24.8 Å². The summed E-state index contributed by atoms with van der Waals surface area (Å²) in [5, 5.41) is 9.35. The third-order valence-corrected chi connectivity index (χ3v) is 3.92. The summed E-state index contributed by atoms with van der Waals surface area (Å²) in [5.74, 6) is -2.11. The highest BCUT2D eigenvalue weighted by Gasteiger charge is 2.21. The molecule has 1 atom stereocenters. The van der Waals surface area contributed by atoms with Crippen LogP contribution in [0.4, 0.5) is 0 Å². The summed E-state index contributed by atoms with van der Waals surface area (Å²) in [5.41, 5.74) is 0.248. The average Bonchev–Trinajstić information content (AvgIpc) is 2.66. The van der Waals surface area contributed by atoms with Gasteiger partial charge in [0.1, 0.15) is 19.0 Å². The number of hydrogen-bond acceptors (Lipinski definition) is 6. The zero-order valence-corrected chi connectivity index (χ0v) is 14.2. The number of carboxylic acids is 1. The fourth-order valence-corrected chi connectivity index (χ4v) is 2.63. The summed E-state index contributed by atoms with van der Waals surface area (Å²) in [6.45, 7) is 0.651. The molecule has 1 N–H and O–H groups in total. The van der Waals surface area contributed by atoms with Crippen LogP contribution in [0.1, 0.15) is 41.1 Å². The molecular weight excluding hydrogens is 340 g/mol. The highest BCUT2D eigenvalue weighted by molar-refractivity contribution is 5.87. The maximum absolute atomic E-state index is 12.3. The van der Waals surface area contributed by atoms with Crippen LogP contribution in [-0.2, 0) is 22.7 Å². The Morgan fingerprint density at radius 1 is 1.19 bits per heavy atom. The van der Waals surface area contributed by atoms with Crippen LogP contribution in [0.25, 0.3) is 0 Å². The van der Waals surface area contributed by atoms with Crippen molar-refractivity contribution >= 4 is 5.97 Å². The van der Waals surface area contributed by atoms with Gasteiger partial charge in [-0.3, -0.25) is 4.79 Å². The summed E-state index contributed by atoms with van der Waals surface area (Å²) in [4.78, 5) is 23.8. The molecule has 138 valence electrons. The van der Waals surface area contributed by atoms with Crippen molar-refractivity contribution in [3.05, 3.63) is 63.7 Å². The number of rotatable bonds is 7. The molecule has 1 fully saturated rings. The maximum atomic E-state index is 12.3. The van der Waals surface area contributed by atoms with Crippen LogP contribution in [-0.4, -0.2) is 24.0 Å². The van der Waals surface area contributed by atoms with E-state index >= 15 is 0 Å². The standard InChI is InChI=1S/C19H20O7/c20-15-10-14(12-24-16-8-4-5-9-23-16)26-18(19(21)22)17(15)25-11-13-6-2-1-3-7-13/h1-3,6-7,10,16H,4-5,8-9,11-12H2,(H,21,22)/t16-/m0/s1. The third-order valence-electron chi connectivity index (χ3n) is 3.92. The number of carboxylic acid groups (broad SMARTS) is 1. The molecule has 1 aromatic carbocycles. The monoisotopic (exact) mass is 360 g/mol. The molecule has 0 aliphatic carbocycles. The first-order valence-corrected chi connectivity index (χ1v) is 8.44. The van der Waals surface area contributed by atoms with Gasteiger partial charge in [0.15, 0.2) is 6.29 Å². The Kier molecular flexibility index (Phi) is 6.04. The average molecular weight is 360 g/mol. The Hall–Kier alpha value is -2.64. The molecule has 0 unspecified atom stereocenters. The quantitative estimate of drug-likeness (QED) is 0.811. The normalized spacial score (nSPS) is 17.0. The van der Waals surface area contributed by atoms with Crippen molar-refractivity contribution in [2.24, 2.45) is 0 Å². The van der Waals surface area contributed by atoms with Crippen molar-refractivity contribution in [2.45, 2.75) is 38.8 Å². The number of aromatic carboxylic acids is 1. The van der Waals surface area contributed by atoms with Gasteiger partial charge in [-0.25, -0.2) is 4.79 Å². The molecule has 1 aliphatic heterocycles. The van der Waals surface area contributed by atoms with Crippen LogP contribution in [0.2, 0.25) is 0 Å². The van der Waals surface area contributed by atoms with Gasteiger partial charge < -0.3 is 23.7 Å². The third kappa shape index (κ3) is 4.71. The fraction of sp³-hybridized carbons (Fsp3) is 0.368. The van der Waals surface area contributed by atoms with Crippen molar-refractivity contribution in [1.29, 1.82) is 0 Å². The van der Waals surface area contributed by atoms with Gasteiger partial charge in [-0.1, -0.05) is 30.3 Å². The molecule has 1 aliphatic rings. The van der Waals surface area contributed by atoms with E-state index < -0.39 is 17.2 Å². The molecule has 2 heterocycles. The van der Waals surface area contributed by atoms with E-state index in [4.69, 9.17) is 18.6 Å². The van der Waals surface area contributed by atoms with Gasteiger partial charge in [0.05, 0.1) is 0 Å². The molecule has 0 radical (unpaired) electrons. The van der Waals surface area contributed by atoms with Crippen LogP contribution >= 0.6 is 0 Å². The highest BCUT2D eigenvalue weighted by atomic mass is 16.7. The molecule has 0 spiro atoms. The Morgan fingerprint density at radius 3 is 2.69 bits per heavy atom. The molecule has 1 saturated heterocycles. The molecule has 7 heteroatoms. The minimum atomic E-state index is -1.37. The topological polar surface area (TPSA) is 95.2 Å². The second-order valence-corrected chi connectivity index (χ2v) is 5.92. The lowest BCUT2D eigenvalue weighted by molar-refractivity contribution is -0.171. The molecular formula is C19H20O7. The minimum absolute atomic E-state index is 0.0425. The Labute approximate surface area is 150 Å². The first-order chi connectivity index (χ1) is 12.6. The SMILES string of the molecule is O=C(O)c1oc(CO[C@H]2CCCCO2)cc(=O)c1OCc1ccccc1. The lowest BCUT2D eigenvalue weighted by Crippen LogP contribution is -2.22. The second kappa shape index (κ2) is 8.64. The predicted octanol–water partition coefficient (Wildman–Crippen LogP) is 2.96. The van der Waals surface area contributed by atoms with Crippen molar-refractivity contribution in [1.82, 2.24) is 0 Å². The zero-order chi connectivity index (χ0) is 18.4. The summed E-state index contributed by atoms with van der Waals surface area (Å²) >= 11 is 0. The van der Waals surface area contributed by atoms with Crippen LogP contribution in [0, 0.1) is 0 Å². The van der Waals surface area contributed by atoms with E-state index in [2.05, 4.69) is 0 Å². The fourth-order valence-electron chi connectivity index (χ4n) is 2.63. The molecule has 26 heavy (non-hydrogen) atoms. The van der Waals surface area contributed by atoms with Gasteiger partial charge in [0, 0.05) is 12.7 Å². The Bertz CT molecular complexity index is 791. The lowest BCUT2D eigenvalue weighted by atomic mass is 10.2. The van der Waals surface area contributed by atoms with Gasteiger partial charge in [-0.05, 0) is 24.8 Å². The molecule has 3 rings (SSSR count). The summed E-state index contributed by atoms with van der Waals surface area (Å²) < 4.78 is 21.7. The minimum Gasteiger partial charge on any atom is -0.481 e. The van der Waals surface area contributed by atoms with Gasteiger partial charge in [0.2, 0.25) is 11.2 Å². The molecule has 0 bridgehead atoms. The molecule has 0 amide bonds. The zero-order valence-electron chi connectivity index (χ0n) is 14.2. The Balaban J connectivity index is 1.72. The van der Waals surface area contributed by atoms with Crippen LogP contribution in [0.3, 0.4) is 0 Å². The lowest BCUT2D eigenvalue weighted by Gasteiger charge is -2.22. The smallest absolute Gasteiger partial charge is 0.375 e. The van der Waals surface area contributed by atoms with E-state index in [1.165, 1.54) is 6.07 Å². The number of benzene rings is 1. The highest BCUT2D eigenvalue weighted by Crippen LogP contribution is 2.20. The first-order valence-electron chi connectivity index (χ1n) is 8.44. The van der Waals surface area contributed by atoms with Crippen LogP contribution in [0.15, 0.2) is 45.6 Å². The van der Waals surface area contributed by atoms with Crippen LogP contribution in [0.5, 0.6) is 5.75 Å². The van der Waals surface area contributed by atoms with E-state index in [-0.39, 0.29) is 31.0 Å². The van der Waals surface area contributed by atoms with E-state index in [0.29, 0.717) is 6.61 Å². The largest absolute Gasteiger partial charge is 0.481 e. The summed E-state index contributed by atoms with van der Waals surface area (Å²) in [6.07, 6.45) is 2.39. The molecule has 0 saturated carbocycles. The van der Waals surface area contributed by atoms with Gasteiger partial charge in [-0.2, -0.15) is 0 Å². The van der Waals surface area contributed by atoms with Gasteiger partial charge >= 0.3 is 5.97 Å². The first kappa shape index (κ1) is 18.2. The summed E-state index contributed by atoms with van der Waals surface area (Å²) in [6, 6.07) is 10.3. The van der Waals surface area contributed by atoms with Gasteiger partial charge in [0.25, 0.3) is 5.76 Å². The van der Waals surface area contributed by atoms with E-state index in [1.54, 1.807) is 0 Å². The maximum Gasteiger partial charge on any atom is 0.375 e. The van der Waals surface area contributed by atoms with Crippen molar-refractivity contribution < 1.29 is 28.5 Å². The molecule has 2 aromatic rings. The van der Waals surface area contributed by atoms with Crippen molar-refractivity contribution in [3.63, 3.8) is 0 Å². The number of ether oxygens (including phenoxy) is 3. The van der Waals surface area contributed by atoms with Crippen molar-refractivity contribution in [3.8, 4) is 5.75 Å². The van der Waals surface area contributed by atoms with E-state index in [1.807, 2.05) is 30.3 Å². The number of carbonyl (C=O) groups is 1. The molecule has 7 nitrogen and oxygen atoms in total. The molecule has 1 aromatic heterocycles. The predicted molar refractivity (Wildman–Crippen MR) is 91.1 cm³/mol. The Morgan fingerprint density at radius 2 is 2.00 bits per heavy atom. The van der Waals surface area contributed by atoms with Crippen LogP contribution < -0.4 is 10.2 Å². The van der Waals surface area contributed by atoms with Crippen molar-refractivity contribution in [2.75, 3.05) is 6.61 Å². The number of hydrogen-bond donors (Lipinski definition) is 1. The van der Waals surface area contributed by atoms with Gasteiger partial charge in [-0.15, -0.1) is 0 Å².